The van der Waals surface area contributed by atoms with Crippen molar-refractivity contribution in [1.29, 1.82) is 0 Å². The van der Waals surface area contributed by atoms with Crippen LogP contribution in [0.15, 0.2) is 24.3 Å². The van der Waals surface area contributed by atoms with Crippen LogP contribution in [0.1, 0.15) is 11.9 Å². The number of nitro groups is 1. The molecule has 0 spiro atoms. The minimum atomic E-state index is -2.16. The van der Waals surface area contributed by atoms with E-state index in [2.05, 4.69) is 0 Å². The van der Waals surface area contributed by atoms with Crippen molar-refractivity contribution in [3.63, 3.8) is 0 Å². The number of alkyl halides is 1. The van der Waals surface area contributed by atoms with Gasteiger partial charge in [-0.25, -0.2) is 0 Å². The molecular weight excluding hydrogens is 177 g/mol. The van der Waals surface area contributed by atoms with Crippen LogP contribution >= 0.6 is 0 Å². The Bertz CT molecular complexity index is 299. The molecule has 0 bridgehead atoms. The Balaban J connectivity index is 2.85. The third-order valence-electron chi connectivity index (χ3n) is 1.58. The van der Waals surface area contributed by atoms with Crippen molar-refractivity contribution in [2.24, 2.45) is 0 Å². The number of hydrogen-bond donors (Lipinski definition) is 0. The van der Waals surface area contributed by atoms with Crippen molar-refractivity contribution in [2.45, 2.75) is 6.30 Å². The molecule has 0 aliphatic rings. The average molecular weight is 185 g/mol. The number of nitrogens with zero attached hydrogens (tertiary/aromatic N) is 1. The van der Waals surface area contributed by atoms with Crippen LogP contribution in [0, 0.1) is 10.1 Å². The number of benzene rings is 1. The third-order valence-corrected chi connectivity index (χ3v) is 1.58. The first-order valence-electron chi connectivity index (χ1n) is 3.56. The van der Waals surface area contributed by atoms with Crippen LogP contribution in [0.25, 0.3) is 0 Å². The van der Waals surface area contributed by atoms with Crippen LogP contribution < -0.4 is 4.74 Å². The van der Waals surface area contributed by atoms with Gasteiger partial charge in [0.25, 0.3) is 0 Å². The Hall–Kier alpha value is -1.65. The number of hydrogen-bond acceptors (Lipinski definition) is 3. The summed E-state index contributed by atoms with van der Waals surface area (Å²) in [6.07, 6.45) is -2.16. The van der Waals surface area contributed by atoms with Gasteiger partial charge < -0.3 is 4.74 Å². The fourth-order valence-electron chi connectivity index (χ4n) is 0.884. The molecule has 0 radical (unpaired) electrons. The van der Waals surface area contributed by atoms with E-state index in [0.29, 0.717) is 5.75 Å². The van der Waals surface area contributed by atoms with E-state index < -0.39 is 11.2 Å². The summed E-state index contributed by atoms with van der Waals surface area (Å²) in [5.41, 5.74) is 0.0193. The Morgan fingerprint density at radius 1 is 1.46 bits per heavy atom. The molecule has 0 aliphatic heterocycles. The van der Waals surface area contributed by atoms with Crippen molar-refractivity contribution in [3.05, 3.63) is 39.9 Å². The lowest BCUT2D eigenvalue weighted by Crippen LogP contribution is -2.03. The number of rotatable bonds is 3. The van der Waals surface area contributed by atoms with Gasteiger partial charge in [0.05, 0.1) is 17.6 Å². The first-order chi connectivity index (χ1) is 6.15. The Kier molecular flexibility index (Phi) is 2.79. The fraction of sp³-hybridized carbons (Fsp3) is 0.250. The van der Waals surface area contributed by atoms with E-state index in [1.807, 2.05) is 0 Å². The van der Waals surface area contributed by atoms with E-state index in [1.165, 1.54) is 31.4 Å². The zero-order chi connectivity index (χ0) is 9.84. The molecule has 0 amide bonds. The summed E-state index contributed by atoms with van der Waals surface area (Å²) in [6.45, 7) is 0. The standard InChI is InChI=1S/C8H8FNO3/c1-13-7-4-2-6(3-5-7)8(9)10(11)12/h2-5,8H,1H3. The molecule has 0 heterocycles. The normalized spacial score (nSPS) is 12.2. The molecule has 1 aromatic carbocycles. The molecule has 1 atom stereocenters. The molecule has 0 saturated carbocycles. The molecule has 5 heteroatoms. The highest BCUT2D eigenvalue weighted by molar-refractivity contribution is 5.27. The second kappa shape index (κ2) is 3.84. The SMILES string of the molecule is COc1ccc(C(F)[N+](=O)[O-])cc1. The first kappa shape index (κ1) is 9.44. The molecule has 0 aromatic heterocycles. The number of methoxy groups -OCH3 is 1. The van der Waals surface area contributed by atoms with Crippen LogP contribution in [0.3, 0.4) is 0 Å². The number of ether oxygens (including phenoxy) is 1. The molecule has 1 unspecified atom stereocenters. The molecule has 0 fully saturated rings. The van der Waals surface area contributed by atoms with Crippen LogP contribution in [-0.2, 0) is 0 Å². The van der Waals surface area contributed by atoms with Crippen molar-refractivity contribution in [3.8, 4) is 5.75 Å². The van der Waals surface area contributed by atoms with Gasteiger partial charge in [-0.15, -0.1) is 0 Å². The quantitative estimate of drug-likeness (QED) is 0.410. The summed E-state index contributed by atoms with van der Waals surface area (Å²) in [5, 5.41) is 10.1. The van der Waals surface area contributed by atoms with Crippen molar-refractivity contribution in [1.82, 2.24) is 0 Å². The molecule has 4 nitrogen and oxygen atoms in total. The van der Waals surface area contributed by atoms with Crippen molar-refractivity contribution in [2.75, 3.05) is 7.11 Å². The minimum absolute atomic E-state index is 0.0193. The molecule has 0 aliphatic carbocycles. The van der Waals surface area contributed by atoms with Crippen LogP contribution in [0.4, 0.5) is 4.39 Å². The largest absolute Gasteiger partial charge is 0.497 e. The second-order valence-corrected chi connectivity index (χ2v) is 2.39. The highest BCUT2D eigenvalue weighted by Crippen LogP contribution is 2.20. The van der Waals surface area contributed by atoms with Gasteiger partial charge in [-0.2, -0.15) is 4.39 Å². The summed E-state index contributed by atoms with van der Waals surface area (Å²) >= 11 is 0. The molecule has 70 valence electrons. The van der Waals surface area contributed by atoms with Gasteiger partial charge in [-0.1, -0.05) is 0 Å². The number of halogens is 1. The molecule has 0 saturated heterocycles. The lowest BCUT2D eigenvalue weighted by atomic mass is 10.2. The van der Waals surface area contributed by atoms with E-state index >= 15 is 0 Å². The predicted molar refractivity (Wildman–Crippen MR) is 43.8 cm³/mol. The van der Waals surface area contributed by atoms with E-state index in [9.17, 15) is 14.5 Å². The second-order valence-electron chi connectivity index (χ2n) is 2.39. The van der Waals surface area contributed by atoms with Gasteiger partial charge in [0.2, 0.25) is 0 Å². The van der Waals surface area contributed by atoms with Gasteiger partial charge in [-0.3, -0.25) is 10.1 Å². The van der Waals surface area contributed by atoms with Gasteiger partial charge in [0.15, 0.2) is 0 Å². The van der Waals surface area contributed by atoms with Gasteiger partial charge in [0.1, 0.15) is 5.75 Å². The maximum Gasteiger partial charge on any atom is 0.375 e. The maximum atomic E-state index is 12.8. The van der Waals surface area contributed by atoms with E-state index in [1.54, 1.807) is 0 Å². The zero-order valence-corrected chi connectivity index (χ0v) is 6.94. The maximum absolute atomic E-state index is 12.8. The molecular formula is C8H8FNO3. The Morgan fingerprint density at radius 3 is 2.38 bits per heavy atom. The predicted octanol–water partition coefficient (Wildman–Crippen LogP) is 1.94. The summed E-state index contributed by atoms with van der Waals surface area (Å²) in [4.78, 5) is 9.07. The van der Waals surface area contributed by atoms with Crippen molar-refractivity contribution >= 4 is 0 Å². The third kappa shape index (κ3) is 2.14. The van der Waals surface area contributed by atoms with E-state index in [0.717, 1.165) is 0 Å². The first-order valence-corrected chi connectivity index (χ1v) is 3.56. The molecule has 0 N–H and O–H groups in total. The fourth-order valence-corrected chi connectivity index (χ4v) is 0.884. The minimum Gasteiger partial charge on any atom is -0.497 e. The molecule has 1 aromatic rings. The summed E-state index contributed by atoms with van der Waals surface area (Å²) in [7, 11) is 1.47. The monoisotopic (exact) mass is 185 g/mol. The van der Waals surface area contributed by atoms with Gasteiger partial charge >= 0.3 is 6.30 Å². The summed E-state index contributed by atoms with van der Waals surface area (Å²) in [6, 6.07) is 5.61. The lowest BCUT2D eigenvalue weighted by molar-refractivity contribution is -0.560. The topological polar surface area (TPSA) is 52.4 Å². The van der Waals surface area contributed by atoms with Gasteiger partial charge in [-0.05, 0) is 24.3 Å². The smallest absolute Gasteiger partial charge is 0.375 e. The molecule has 1 rings (SSSR count). The zero-order valence-electron chi connectivity index (χ0n) is 6.94. The Morgan fingerprint density at radius 2 is 2.00 bits per heavy atom. The van der Waals surface area contributed by atoms with Crippen LogP contribution in [0.5, 0.6) is 5.75 Å². The Labute approximate surface area is 74.1 Å². The van der Waals surface area contributed by atoms with E-state index in [-0.39, 0.29) is 5.56 Å². The van der Waals surface area contributed by atoms with Gasteiger partial charge in [0, 0.05) is 0 Å². The highest BCUT2D eigenvalue weighted by atomic mass is 19.1. The van der Waals surface area contributed by atoms with Crippen LogP contribution in [-0.4, -0.2) is 12.0 Å². The van der Waals surface area contributed by atoms with Crippen molar-refractivity contribution < 1.29 is 14.1 Å². The molecule has 13 heavy (non-hydrogen) atoms. The highest BCUT2D eigenvalue weighted by Gasteiger charge is 2.20. The summed E-state index contributed by atoms with van der Waals surface area (Å²) in [5.74, 6) is 0.541. The average Bonchev–Trinajstić information content (AvgIpc) is 2.17. The lowest BCUT2D eigenvalue weighted by Gasteiger charge is -2.02. The summed E-state index contributed by atoms with van der Waals surface area (Å²) < 4.78 is 17.6. The van der Waals surface area contributed by atoms with Crippen LogP contribution in [0.2, 0.25) is 0 Å². The van der Waals surface area contributed by atoms with E-state index in [4.69, 9.17) is 4.74 Å².